The molecular formula is C24H32N2O4. The first kappa shape index (κ1) is 22.1. The maximum absolute atomic E-state index is 12.8. The predicted molar refractivity (Wildman–Crippen MR) is 118 cm³/mol. The summed E-state index contributed by atoms with van der Waals surface area (Å²) >= 11 is 0. The van der Waals surface area contributed by atoms with Crippen LogP contribution in [-0.2, 0) is 11.3 Å². The summed E-state index contributed by atoms with van der Waals surface area (Å²) in [4.78, 5) is 15.1. The molecular weight excluding hydrogens is 380 g/mol. The summed E-state index contributed by atoms with van der Waals surface area (Å²) in [6.45, 7) is 2.68. The molecule has 3 rings (SSSR count). The number of carbonyl (C=O) groups excluding carboxylic acids is 1. The molecule has 1 atom stereocenters. The van der Waals surface area contributed by atoms with Crippen LogP contribution in [0.4, 0.5) is 5.69 Å². The largest absolute Gasteiger partial charge is 0.496 e. The standard InChI is InChI=1S/C24H32N2O4/c1-29-15-14-26-13-7-3-4-9-22(27)20-16-18(11-12-21(20)26)24(28)25-17-19-8-5-6-10-23(19)30-2/h5-6,8,10-12,16,22,27H,3-4,7,9,13-15,17H2,1-2H3,(H,25,28). The van der Waals surface area contributed by atoms with Crippen molar-refractivity contribution in [3.63, 3.8) is 0 Å². The number of ether oxygens (including phenoxy) is 2. The van der Waals surface area contributed by atoms with E-state index in [-0.39, 0.29) is 5.91 Å². The number of amides is 1. The molecule has 2 N–H and O–H groups in total. The van der Waals surface area contributed by atoms with Gasteiger partial charge in [0, 0.05) is 49.1 Å². The Labute approximate surface area is 178 Å². The molecule has 0 aromatic heterocycles. The maximum atomic E-state index is 12.8. The van der Waals surface area contributed by atoms with E-state index in [4.69, 9.17) is 9.47 Å². The van der Waals surface area contributed by atoms with E-state index in [9.17, 15) is 9.90 Å². The van der Waals surface area contributed by atoms with Crippen molar-refractivity contribution in [3.8, 4) is 5.75 Å². The molecule has 1 aliphatic rings. The van der Waals surface area contributed by atoms with Gasteiger partial charge in [-0.2, -0.15) is 0 Å². The number of rotatable bonds is 7. The van der Waals surface area contributed by atoms with Gasteiger partial charge in [-0.05, 0) is 37.1 Å². The second-order valence-electron chi connectivity index (χ2n) is 7.61. The SMILES string of the molecule is COCCN1CCCCCC(O)c2cc(C(=O)NCc3ccccc3OC)ccc21. The minimum Gasteiger partial charge on any atom is -0.496 e. The Morgan fingerprint density at radius 1 is 1.17 bits per heavy atom. The molecule has 162 valence electrons. The number of hydrogen-bond acceptors (Lipinski definition) is 5. The molecule has 1 unspecified atom stereocenters. The van der Waals surface area contributed by atoms with E-state index in [0.717, 1.165) is 54.9 Å². The van der Waals surface area contributed by atoms with Gasteiger partial charge in [0.05, 0.1) is 19.8 Å². The highest BCUT2D eigenvalue weighted by atomic mass is 16.5. The predicted octanol–water partition coefficient (Wildman–Crippen LogP) is 3.69. The highest BCUT2D eigenvalue weighted by Crippen LogP contribution is 2.32. The van der Waals surface area contributed by atoms with E-state index in [1.54, 1.807) is 14.2 Å². The number of hydrogen-bond donors (Lipinski definition) is 2. The molecule has 1 amide bonds. The van der Waals surface area contributed by atoms with E-state index in [2.05, 4.69) is 10.2 Å². The summed E-state index contributed by atoms with van der Waals surface area (Å²) < 4.78 is 10.6. The van der Waals surface area contributed by atoms with Gasteiger partial charge in [-0.3, -0.25) is 4.79 Å². The van der Waals surface area contributed by atoms with E-state index in [1.165, 1.54) is 0 Å². The monoisotopic (exact) mass is 412 g/mol. The van der Waals surface area contributed by atoms with Crippen LogP contribution < -0.4 is 15.0 Å². The minimum absolute atomic E-state index is 0.167. The Hall–Kier alpha value is -2.57. The Morgan fingerprint density at radius 2 is 2.00 bits per heavy atom. The number of nitrogens with one attached hydrogen (secondary N) is 1. The lowest BCUT2D eigenvalue weighted by atomic mass is 9.99. The van der Waals surface area contributed by atoms with Crippen LogP contribution in [0, 0.1) is 0 Å². The van der Waals surface area contributed by atoms with Crippen molar-refractivity contribution in [2.75, 3.05) is 38.8 Å². The highest BCUT2D eigenvalue weighted by molar-refractivity contribution is 5.95. The second-order valence-corrected chi connectivity index (χ2v) is 7.61. The molecule has 1 aliphatic heterocycles. The quantitative estimate of drug-likeness (QED) is 0.726. The van der Waals surface area contributed by atoms with Gasteiger partial charge in [-0.1, -0.05) is 31.0 Å². The van der Waals surface area contributed by atoms with Gasteiger partial charge in [-0.15, -0.1) is 0 Å². The van der Waals surface area contributed by atoms with Crippen molar-refractivity contribution >= 4 is 11.6 Å². The number of anilines is 1. The number of methoxy groups -OCH3 is 2. The maximum Gasteiger partial charge on any atom is 0.251 e. The number of para-hydroxylation sites is 1. The third kappa shape index (κ3) is 5.52. The number of aliphatic hydroxyl groups is 1. The first-order valence-electron chi connectivity index (χ1n) is 10.6. The molecule has 0 aliphatic carbocycles. The zero-order chi connectivity index (χ0) is 21.3. The third-order valence-corrected chi connectivity index (χ3v) is 5.59. The molecule has 0 saturated heterocycles. The Bertz CT molecular complexity index is 840. The van der Waals surface area contributed by atoms with Crippen molar-refractivity contribution in [1.82, 2.24) is 5.32 Å². The number of benzene rings is 2. The summed E-state index contributed by atoms with van der Waals surface area (Å²) in [5.41, 5.74) is 3.27. The first-order valence-corrected chi connectivity index (χ1v) is 10.6. The van der Waals surface area contributed by atoms with E-state index in [1.807, 2.05) is 42.5 Å². The summed E-state index contributed by atoms with van der Waals surface area (Å²) in [5.74, 6) is 0.579. The summed E-state index contributed by atoms with van der Waals surface area (Å²) in [6, 6.07) is 13.3. The van der Waals surface area contributed by atoms with Crippen LogP contribution in [0.5, 0.6) is 5.75 Å². The summed E-state index contributed by atoms with van der Waals surface area (Å²) in [7, 11) is 3.32. The van der Waals surface area contributed by atoms with Crippen molar-refractivity contribution in [2.45, 2.75) is 38.3 Å². The number of fused-ring (bicyclic) bond motifs is 1. The Kier molecular flexibility index (Phi) is 8.11. The van der Waals surface area contributed by atoms with Gasteiger partial charge in [0.2, 0.25) is 0 Å². The first-order chi connectivity index (χ1) is 14.6. The molecule has 0 fully saturated rings. The molecule has 2 aromatic carbocycles. The Morgan fingerprint density at radius 3 is 2.80 bits per heavy atom. The van der Waals surface area contributed by atoms with Gasteiger partial charge in [0.1, 0.15) is 5.75 Å². The topological polar surface area (TPSA) is 71.0 Å². The third-order valence-electron chi connectivity index (χ3n) is 5.59. The van der Waals surface area contributed by atoms with Gasteiger partial charge in [0.15, 0.2) is 0 Å². The lowest BCUT2D eigenvalue weighted by molar-refractivity contribution is 0.0950. The van der Waals surface area contributed by atoms with Crippen LogP contribution >= 0.6 is 0 Å². The molecule has 2 aromatic rings. The van der Waals surface area contributed by atoms with Crippen LogP contribution in [0.25, 0.3) is 0 Å². The zero-order valence-electron chi connectivity index (χ0n) is 17.9. The molecule has 0 saturated carbocycles. The van der Waals surface area contributed by atoms with Crippen LogP contribution in [0.15, 0.2) is 42.5 Å². The smallest absolute Gasteiger partial charge is 0.251 e. The van der Waals surface area contributed by atoms with Gasteiger partial charge >= 0.3 is 0 Å². The number of aliphatic hydroxyl groups excluding tert-OH is 1. The fourth-order valence-electron chi connectivity index (χ4n) is 3.90. The van der Waals surface area contributed by atoms with E-state index >= 15 is 0 Å². The average Bonchev–Trinajstić information content (AvgIpc) is 2.85. The number of carbonyl (C=O) groups is 1. The lowest BCUT2D eigenvalue weighted by Crippen LogP contribution is -2.30. The lowest BCUT2D eigenvalue weighted by Gasteiger charge is -2.28. The average molecular weight is 413 g/mol. The van der Waals surface area contributed by atoms with Crippen molar-refractivity contribution in [2.24, 2.45) is 0 Å². The van der Waals surface area contributed by atoms with Crippen molar-refractivity contribution in [3.05, 3.63) is 59.2 Å². The fourth-order valence-corrected chi connectivity index (χ4v) is 3.90. The second kappa shape index (κ2) is 11.0. The van der Waals surface area contributed by atoms with Gasteiger partial charge in [-0.25, -0.2) is 0 Å². The highest BCUT2D eigenvalue weighted by Gasteiger charge is 2.21. The number of nitrogens with zero attached hydrogens (tertiary/aromatic N) is 1. The molecule has 0 radical (unpaired) electrons. The molecule has 6 nitrogen and oxygen atoms in total. The zero-order valence-corrected chi connectivity index (χ0v) is 17.9. The van der Waals surface area contributed by atoms with Crippen molar-refractivity contribution < 1.29 is 19.4 Å². The Balaban J connectivity index is 1.80. The summed E-state index contributed by atoms with van der Waals surface area (Å²) in [6.07, 6.45) is 3.27. The minimum atomic E-state index is -0.579. The van der Waals surface area contributed by atoms with Gasteiger partial charge < -0.3 is 24.8 Å². The van der Waals surface area contributed by atoms with Crippen LogP contribution in [0.1, 0.15) is 53.3 Å². The molecule has 6 heteroatoms. The van der Waals surface area contributed by atoms with E-state index < -0.39 is 6.10 Å². The van der Waals surface area contributed by atoms with Crippen LogP contribution in [0.3, 0.4) is 0 Å². The van der Waals surface area contributed by atoms with Crippen molar-refractivity contribution in [1.29, 1.82) is 0 Å². The normalized spacial score (nSPS) is 16.8. The van der Waals surface area contributed by atoms with Gasteiger partial charge in [0.25, 0.3) is 5.91 Å². The van der Waals surface area contributed by atoms with Crippen LogP contribution in [-0.4, -0.2) is 44.9 Å². The molecule has 1 heterocycles. The molecule has 30 heavy (non-hydrogen) atoms. The van der Waals surface area contributed by atoms with E-state index in [0.29, 0.717) is 25.1 Å². The fraction of sp³-hybridized carbons (Fsp3) is 0.458. The molecule has 0 bridgehead atoms. The summed E-state index contributed by atoms with van der Waals surface area (Å²) in [5, 5.41) is 13.8. The van der Waals surface area contributed by atoms with Crippen LogP contribution in [0.2, 0.25) is 0 Å². The molecule has 0 spiro atoms.